The Bertz CT molecular complexity index is 298. The summed E-state index contributed by atoms with van der Waals surface area (Å²) in [5.41, 5.74) is 0. The van der Waals surface area contributed by atoms with Gasteiger partial charge in [0.1, 0.15) is 6.61 Å². The molecule has 122 valence electrons. The zero-order valence-electron chi connectivity index (χ0n) is 13.4. The average Bonchev–Trinajstić information content (AvgIpc) is 2.55. The van der Waals surface area contributed by atoms with E-state index < -0.39 is 0 Å². The Balaban J connectivity index is 1.60. The smallest absolute Gasteiger partial charge is 0.248 e. The summed E-state index contributed by atoms with van der Waals surface area (Å²) in [7, 11) is 0. The minimum atomic E-state index is 0.159. The van der Waals surface area contributed by atoms with Crippen LogP contribution in [0.25, 0.3) is 0 Å². The minimum absolute atomic E-state index is 0.159. The fourth-order valence-corrected chi connectivity index (χ4v) is 3.13. The number of unbranched alkanes of at least 4 members (excludes halogenated alkanes) is 2. The van der Waals surface area contributed by atoms with E-state index in [9.17, 15) is 4.79 Å². The van der Waals surface area contributed by atoms with Gasteiger partial charge in [-0.3, -0.25) is 9.69 Å². The summed E-state index contributed by atoms with van der Waals surface area (Å²) >= 11 is 0. The normalized spacial score (nSPS) is 21.7. The molecule has 0 aromatic rings. The summed E-state index contributed by atoms with van der Waals surface area (Å²) in [5.74, 6) is 0.159. The Morgan fingerprint density at radius 3 is 2.52 bits per heavy atom. The predicted octanol–water partition coefficient (Wildman–Crippen LogP) is 1.52. The molecule has 0 radical (unpaired) electrons. The molecular weight excluding hydrogens is 268 g/mol. The van der Waals surface area contributed by atoms with Crippen LogP contribution in [0.4, 0.5) is 0 Å². The SMILES string of the molecule is CCCCCOCC(=O)N1CCC(N2CCOCC2)CC1. The molecule has 2 heterocycles. The number of nitrogens with zero attached hydrogens (tertiary/aromatic N) is 2. The van der Waals surface area contributed by atoms with Gasteiger partial charge in [-0.25, -0.2) is 0 Å². The van der Waals surface area contributed by atoms with Crippen LogP contribution in [-0.4, -0.2) is 74.4 Å². The second-order valence-corrected chi connectivity index (χ2v) is 6.02. The summed E-state index contributed by atoms with van der Waals surface area (Å²) in [6, 6.07) is 0.628. The van der Waals surface area contributed by atoms with Crippen molar-refractivity contribution in [2.75, 3.05) is 52.6 Å². The monoisotopic (exact) mass is 298 g/mol. The Morgan fingerprint density at radius 1 is 1.14 bits per heavy atom. The highest BCUT2D eigenvalue weighted by molar-refractivity contribution is 5.77. The van der Waals surface area contributed by atoms with Crippen LogP contribution in [0.3, 0.4) is 0 Å². The summed E-state index contributed by atoms with van der Waals surface area (Å²) in [6.45, 7) is 8.67. The third-order valence-corrected chi connectivity index (χ3v) is 4.50. The lowest BCUT2D eigenvalue weighted by Crippen LogP contribution is -2.50. The first-order valence-corrected chi connectivity index (χ1v) is 8.48. The van der Waals surface area contributed by atoms with Gasteiger partial charge in [-0.15, -0.1) is 0 Å². The molecule has 5 nitrogen and oxygen atoms in total. The lowest BCUT2D eigenvalue weighted by atomic mass is 10.0. The quantitative estimate of drug-likeness (QED) is 0.668. The largest absolute Gasteiger partial charge is 0.379 e. The molecule has 0 spiro atoms. The molecule has 0 saturated carbocycles. The maximum Gasteiger partial charge on any atom is 0.248 e. The molecule has 5 heteroatoms. The highest BCUT2D eigenvalue weighted by atomic mass is 16.5. The third kappa shape index (κ3) is 5.57. The molecule has 1 amide bonds. The number of hydrogen-bond donors (Lipinski definition) is 0. The van der Waals surface area contributed by atoms with Crippen molar-refractivity contribution in [3.8, 4) is 0 Å². The van der Waals surface area contributed by atoms with Crippen LogP contribution in [0.15, 0.2) is 0 Å². The van der Waals surface area contributed by atoms with Crippen LogP contribution < -0.4 is 0 Å². The first-order valence-electron chi connectivity index (χ1n) is 8.48. The molecule has 0 aromatic carbocycles. The molecular formula is C16H30N2O3. The molecule has 0 aromatic heterocycles. The van der Waals surface area contributed by atoms with Crippen molar-refractivity contribution < 1.29 is 14.3 Å². The Kier molecular flexibility index (Phi) is 7.47. The van der Waals surface area contributed by atoms with Gasteiger partial charge in [-0.1, -0.05) is 19.8 Å². The number of piperidine rings is 1. The minimum Gasteiger partial charge on any atom is -0.379 e. The van der Waals surface area contributed by atoms with Crippen molar-refractivity contribution in [2.24, 2.45) is 0 Å². The van der Waals surface area contributed by atoms with Crippen molar-refractivity contribution in [1.82, 2.24) is 9.80 Å². The maximum absolute atomic E-state index is 12.1. The number of ether oxygens (including phenoxy) is 2. The maximum atomic E-state index is 12.1. The summed E-state index contributed by atoms with van der Waals surface area (Å²) in [5, 5.41) is 0. The van der Waals surface area contributed by atoms with E-state index in [1.54, 1.807) is 0 Å². The van der Waals surface area contributed by atoms with Crippen LogP contribution >= 0.6 is 0 Å². The molecule has 0 bridgehead atoms. The highest BCUT2D eigenvalue weighted by Gasteiger charge is 2.27. The van der Waals surface area contributed by atoms with Gasteiger partial charge in [0.15, 0.2) is 0 Å². The zero-order valence-corrected chi connectivity index (χ0v) is 13.4. The molecule has 0 N–H and O–H groups in total. The van der Waals surface area contributed by atoms with Gasteiger partial charge >= 0.3 is 0 Å². The molecule has 2 aliphatic heterocycles. The molecule has 0 aliphatic carbocycles. The number of morpholine rings is 1. The first-order chi connectivity index (χ1) is 10.3. The number of amides is 1. The van der Waals surface area contributed by atoms with Gasteiger partial charge in [0, 0.05) is 38.8 Å². The van der Waals surface area contributed by atoms with E-state index in [-0.39, 0.29) is 12.5 Å². The van der Waals surface area contributed by atoms with Crippen LogP contribution in [0, 0.1) is 0 Å². The Morgan fingerprint density at radius 2 is 1.86 bits per heavy atom. The number of likely N-dealkylation sites (tertiary alicyclic amines) is 1. The van der Waals surface area contributed by atoms with Crippen molar-refractivity contribution in [1.29, 1.82) is 0 Å². The fourth-order valence-electron chi connectivity index (χ4n) is 3.13. The molecule has 2 saturated heterocycles. The van der Waals surface area contributed by atoms with Gasteiger partial charge in [0.05, 0.1) is 13.2 Å². The Hall–Kier alpha value is -0.650. The van der Waals surface area contributed by atoms with E-state index in [0.29, 0.717) is 12.6 Å². The fraction of sp³-hybridized carbons (Fsp3) is 0.938. The van der Waals surface area contributed by atoms with Gasteiger partial charge in [-0.05, 0) is 19.3 Å². The Labute approximate surface area is 128 Å². The van der Waals surface area contributed by atoms with Crippen LogP contribution in [-0.2, 0) is 14.3 Å². The molecule has 2 rings (SSSR count). The van der Waals surface area contributed by atoms with Crippen LogP contribution in [0.1, 0.15) is 39.0 Å². The van der Waals surface area contributed by atoms with Crippen LogP contribution in [0.2, 0.25) is 0 Å². The van der Waals surface area contributed by atoms with Crippen molar-refractivity contribution in [3.63, 3.8) is 0 Å². The summed E-state index contributed by atoms with van der Waals surface area (Å²) < 4.78 is 10.9. The molecule has 2 aliphatic rings. The third-order valence-electron chi connectivity index (χ3n) is 4.50. The van der Waals surface area contributed by atoms with Crippen molar-refractivity contribution in [2.45, 2.75) is 45.1 Å². The van der Waals surface area contributed by atoms with Crippen LogP contribution in [0.5, 0.6) is 0 Å². The van der Waals surface area contributed by atoms with Crippen molar-refractivity contribution in [3.05, 3.63) is 0 Å². The van der Waals surface area contributed by atoms with E-state index in [1.165, 1.54) is 12.8 Å². The summed E-state index contributed by atoms with van der Waals surface area (Å²) in [6.07, 6.45) is 5.59. The molecule has 2 fully saturated rings. The predicted molar refractivity (Wildman–Crippen MR) is 82.3 cm³/mol. The molecule has 0 unspecified atom stereocenters. The lowest BCUT2D eigenvalue weighted by Gasteiger charge is -2.40. The van der Waals surface area contributed by atoms with Gasteiger partial charge in [0.25, 0.3) is 0 Å². The second-order valence-electron chi connectivity index (χ2n) is 6.02. The number of hydrogen-bond acceptors (Lipinski definition) is 4. The van der Waals surface area contributed by atoms with Gasteiger partial charge in [-0.2, -0.15) is 0 Å². The average molecular weight is 298 g/mol. The zero-order chi connectivity index (χ0) is 14.9. The topological polar surface area (TPSA) is 42.0 Å². The van der Waals surface area contributed by atoms with E-state index in [4.69, 9.17) is 9.47 Å². The van der Waals surface area contributed by atoms with Crippen molar-refractivity contribution >= 4 is 5.91 Å². The van der Waals surface area contributed by atoms with E-state index >= 15 is 0 Å². The highest BCUT2D eigenvalue weighted by Crippen LogP contribution is 2.17. The lowest BCUT2D eigenvalue weighted by molar-refractivity contribution is -0.138. The van der Waals surface area contributed by atoms with Gasteiger partial charge in [0.2, 0.25) is 5.91 Å². The summed E-state index contributed by atoms with van der Waals surface area (Å²) in [4.78, 5) is 16.6. The molecule has 0 atom stereocenters. The number of carbonyl (C=O) groups is 1. The second kappa shape index (κ2) is 9.38. The van der Waals surface area contributed by atoms with E-state index in [2.05, 4.69) is 11.8 Å². The van der Waals surface area contributed by atoms with E-state index in [0.717, 1.165) is 58.7 Å². The standard InChI is InChI=1S/C16H30N2O3/c1-2-3-4-11-21-14-16(19)18-7-5-15(6-8-18)17-9-12-20-13-10-17/h15H,2-14H2,1H3. The molecule has 21 heavy (non-hydrogen) atoms. The number of carbonyl (C=O) groups excluding carboxylic acids is 1. The number of rotatable bonds is 7. The van der Waals surface area contributed by atoms with E-state index in [1.807, 2.05) is 4.90 Å². The first kappa shape index (κ1) is 16.7. The van der Waals surface area contributed by atoms with Gasteiger partial charge < -0.3 is 14.4 Å².